The first kappa shape index (κ1) is 21.5. The summed E-state index contributed by atoms with van der Waals surface area (Å²) in [6, 6.07) is 0. The third-order valence-electron chi connectivity index (χ3n) is 3.89. The highest BCUT2D eigenvalue weighted by molar-refractivity contribution is 4.93. The molecule has 0 aromatic rings. The summed E-state index contributed by atoms with van der Waals surface area (Å²) >= 11 is 0. The Morgan fingerprint density at radius 3 is 1.64 bits per heavy atom. The summed E-state index contributed by atoms with van der Waals surface area (Å²) in [7, 11) is 0. The minimum atomic E-state index is -2.04. The fraction of sp³-hybridized carbons (Fsp3) is 0.889. The smallest absolute Gasteiger partial charge is 0.166 e. The van der Waals surface area contributed by atoms with Crippen LogP contribution in [-0.4, -0.2) is 25.2 Å². The summed E-state index contributed by atoms with van der Waals surface area (Å²) in [6.07, 6.45) is 6.79. The fourth-order valence-corrected chi connectivity index (χ4v) is 2.50. The zero-order valence-electron chi connectivity index (χ0n) is 13.9. The molecule has 3 unspecified atom stereocenters. The van der Waals surface area contributed by atoms with Crippen molar-refractivity contribution in [1.29, 1.82) is 0 Å². The summed E-state index contributed by atoms with van der Waals surface area (Å²) < 4.78 is 51.8. The van der Waals surface area contributed by atoms with E-state index in [0.29, 0.717) is 12.8 Å². The number of hydrogen-bond acceptors (Lipinski definition) is 0. The molecular formula is C18H32F4. The van der Waals surface area contributed by atoms with Crippen LogP contribution in [0.15, 0.2) is 12.2 Å². The molecule has 3 atom stereocenters. The lowest BCUT2D eigenvalue weighted by molar-refractivity contribution is 0.0973. The summed E-state index contributed by atoms with van der Waals surface area (Å²) in [5.74, 6) is 0. The van der Waals surface area contributed by atoms with E-state index in [0.717, 1.165) is 57.4 Å². The van der Waals surface area contributed by atoms with Crippen LogP contribution in [0.4, 0.5) is 17.6 Å². The molecule has 0 spiro atoms. The van der Waals surface area contributed by atoms with Crippen molar-refractivity contribution >= 4 is 0 Å². The van der Waals surface area contributed by atoms with Gasteiger partial charge in [-0.1, -0.05) is 69.9 Å². The summed E-state index contributed by atoms with van der Waals surface area (Å²) in [5.41, 5.74) is 0. The number of halogens is 4. The summed E-state index contributed by atoms with van der Waals surface area (Å²) in [4.78, 5) is 0. The SMILES string of the molecule is CC=CC(F)C(F)C(F)CCCCCCCCCCCCF. The summed E-state index contributed by atoms with van der Waals surface area (Å²) in [5, 5.41) is 0. The average molecular weight is 324 g/mol. The molecule has 0 saturated carbocycles. The van der Waals surface area contributed by atoms with Gasteiger partial charge in [-0.15, -0.1) is 0 Å². The number of hydrogen-bond donors (Lipinski definition) is 0. The lowest BCUT2D eigenvalue weighted by Crippen LogP contribution is -2.26. The molecule has 0 fully saturated rings. The molecule has 0 aromatic carbocycles. The molecule has 0 aliphatic carbocycles. The predicted octanol–water partition coefficient (Wildman–Crippen LogP) is 6.84. The van der Waals surface area contributed by atoms with E-state index in [1.54, 1.807) is 6.92 Å². The van der Waals surface area contributed by atoms with Crippen molar-refractivity contribution in [2.45, 2.75) is 96.1 Å². The molecule has 22 heavy (non-hydrogen) atoms. The van der Waals surface area contributed by atoms with E-state index in [2.05, 4.69) is 0 Å². The lowest BCUT2D eigenvalue weighted by atomic mass is 10.0. The van der Waals surface area contributed by atoms with Crippen LogP contribution in [0.3, 0.4) is 0 Å². The Labute approximate surface area is 133 Å². The number of allylic oxidation sites excluding steroid dienone is 2. The Kier molecular flexibility index (Phi) is 15.0. The molecule has 0 saturated heterocycles. The molecular weight excluding hydrogens is 292 g/mol. The minimum Gasteiger partial charge on any atom is -0.251 e. The van der Waals surface area contributed by atoms with Gasteiger partial charge in [0, 0.05) is 0 Å². The quantitative estimate of drug-likeness (QED) is 0.176. The Hall–Kier alpha value is -0.540. The molecule has 4 heteroatoms. The molecule has 0 aromatic heterocycles. The highest BCUT2D eigenvalue weighted by atomic mass is 19.2. The van der Waals surface area contributed by atoms with E-state index < -0.39 is 18.5 Å². The van der Waals surface area contributed by atoms with Crippen LogP contribution in [-0.2, 0) is 0 Å². The zero-order valence-corrected chi connectivity index (χ0v) is 13.9. The average Bonchev–Trinajstić information content (AvgIpc) is 2.51. The molecule has 0 radical (unpaired) electrons. The Morgan fingerprint density at radius 2 is 1.18 bits per heavy atom. The number of rotatable bonds is 15. The van der Waals surface area contributed by atoms with Crippen molar-refractivity contribution in [3.63, 3.8) is 0 Å². The van der Waals surface area contributed by atoms with E-state index in [1.165, 1.54) is 6.08 Å². The van der Waals surface area contributed by atoms with Crippen LogP contribution in [0.2, 0.25) is 0 Å². The third-order valence-corrected chi connectivity index (χ3v) is 3.89. The maximum absolute atomic E-state index is 13.5. The summed E-state index contributed by atoms with van der Waals surface area (Å²) in [6.45, 7) is 1.38. The van der Waals surface area contributed by atoms with Crippen LogP contribution in [0.5, 0.6) is 0 Å². The van der Waals surface area contributed by atoms with Gasteiger partial charge in [-0.3, -0.25) is 4.39 Å². The van der Waals surface area contributed by atoms with Crippen LogP contribution in [0.25, 0.3) is 0 Å². The minimum absolute atomic E-state index is 0.0996. The van der Waals surface area contributed by atoms with Gasteiger partial charge in [0.2, 0.25) is 0 Å². The van der Waals surface area contributed by atoms with Gasteiger partial charge in [-0.05, 0) is 19.8 Å². The van der Waals surface area contributed by atoms with Crippen molar-refractivity contribution in [3.05, 3.63) is 12.2 Å². The van der Waals surface area contributed by atoms with Crippen molar-refractivity contribution in [2.24, 2.45) is 0 Å². The van der Waals surface area contributed by atoms with Gasteiger partial charge < -0.3 is 0 Å². The van der Waals surface area contributed by atoms with Crippen molar-refractivity contribution in [1.82, 2.24) is 0 Å². The van der Waals surface area contributed by atoms with Gasteiger partial charge in [0.25, 0.3) is 0 Å². The standard InChI is InChI=1S/C18H32F4/c1-2-13-16(20)18(22)17(21)14-11-9-7-5-3-4-6-8-10-12-15-19/h2,13,16-18H,3-12,14-15H2,1H3. The Morgan fingerprint density at radius 1 is 0.727 bits per heavy atom. The molecule has 0 rings (SSSR count). The van der Waals surface area contributed by atoms with Gasteiger partial charge in [0.1, 0.15) is 6.17 Å². The van der Waals surface area contributed by atoms with Crippen molar-refractivity contribution in [3.8, 4) is 0 Å². The zero-order chi connectivity index (χ0) is 16.6. The molecule has 0 N–H and O–H groups in total. The van der Waals surface area contributed by atoms with Crippen LogP contribution >= 0.6 is 0 Å². The monoisotopic (exact) mass is 324 g/mol. The van der Waals surface area contributed by atoms with Crippen molar-refractivity contribution < 1.29 is 17.6 Å². The van der Waals surface area contributed by atoms with Crippen molar-refractivity contribution in [2.75, 3.05) is 6.67 Å². The lowest BCUT2D eigenvalue weighted by Gasteiger charge is -2.15. The maximum Gasteiger partial charge on any atom is 0.166 e. The van der Waals surface area contributed by atoms with E-state index in [-0.39, 0.29) is 13.1 Å². The highest BCUT2D eigenvalue weighted by Crippen LogP contribution is 2.19. The van der Waals surface area contributed by atoms with E-state index >= 15 is 0 Å². The molecule has 0 aliphatic rings. The van der Waals surface area contributed by atoms with Crippen LogP contribution in [0, 0.1) is 0 Å². The highest BCUT2D eigenvalue weighted by Gasteiger charge is 2.27. The first-order valence-electron chi connectivity index (χ1n) is 8.74. The second kappa shape index (κ2) is 15.4. The number of unbranched alkanes of at least 4 members (excludes halogenated alkanes) is 9. The Bertz CT molecular complexity index is 255. The molecule has 0 heterocycles. The van der Waals surface area contributed by atoms with Crippen LogP contribution < -0.4 is 0 Å². The van der Waals surface area contributed by atoms with Gasteiger partial charge in [0.05, 0.1) is 6.67 Å². The van der Waals surface area contributed by atoms with Gasteiger partial charge in [-0.25, -0.2) is 13.2 Å². The molecule has 0 aliphatic heterocycles. The van der Waals surface area contributed by atoms with Gasteiger partial charge in [0.15, 0.2) is 12.3 Å². The topological polar surface area (TPSA) is 0 Å². The second-order valence-corrected chi connectivity index (χ2v) is 5.94. The second-order valence-electron chi connectivity index (χ2n) is 5.94. The van der Waals surface area contributed by atoms with E-state index in [4.69, 9.17) is 0 Å². The fourth-order valence-electron chi connectivity index (χ4n) is 2.50. The molecule has 0 amide bonds. The molecule has 0 bridgehead atoms. The molecule has 0 nitrogen and oxygen atoms in total. The van der Waals surface area contributed by atoms with E-state index in [9.17, 15) is 17.6 Å². The molecule has 132 valence electrons. The first-order valence-corrected chi connectivity index (χ1v) is 8.74. The number of alkyl halides is 4. The van der Waals surface area contributed by atoms with Gasteiger partial charge in [-0.2, -0.15) is 0 Å². The van der Waals surface area contributed by atoms with Crippen LogP contribution in [0.1, 0.15) is 77.6 Å². The third kappa shape index (κ3) is 12.0. The maximum atomic E-state index is 13.5. The van der Waals surface area contributed by atoms with Gasteiger partial charge >= 0.3 is 0 Å². The largest absolute Gasteiger partial charge is 0.251 e. The first-order chi connectivity index (χ1) is 10.6. The Balaban J connectivity index is 3.38. The normalized spacial score (nSPS) is 16.0. The predicted molar refractivity (Wildman–Crippen MR) is 86.3 cm³/mol. The van der Waals surface area contributed by atoms with E-state index in [1.807, 2.05) is 0 Å².